The zero-order valence-electron chi connectivity index (χ0n) is 14.7. The van der Waals surface area contributed by atoms with Crippen molar-refractivity contribution in [1.29, 1.82) is 0 Å². The molecule has 1 saturated heterocycles. The van der Waals surface area contributed by atoms with Crippen molar-refractivity contribution in [2.45, 2.75) is 49.8 Å². The van der Waals surface area contributed by atoms with E-state index in [-0.39, 0.29) is 5.25 Å². The first-order valence-electron chi connectivity index (χ1n) is 8.02. The van der Waals surface area contributed by atoms with Crippen molar-refractivity contribution in [2.75, 3.05) is 13.7 Å². The molecule has 1 fully saturated rings. The predicted octanol–water partition coefficient (Wildman–Crippen LogP) is 3.51. The van der Waals surface area contributed by atoms with Crippen LogP contribution in [0, 0.1) is 0 Å². The molecule has 0 radical (unpaired) electrons. The van der Waals surface area contributed by atoms with Gasteiger partial charge < -0.3 is 14.3 Å². The highest BCUT2D eigenvalue weighted by Crippen LogP contribution is 2.30. The highest BCUT2D eigenvalue weighted by Gasteiger charge is 2.37. The van der Waals surface area contributed by atoms with Crippen molar-refractivity contribution >= 4 is 24.1 Å². The molecule has 0 unspecified atom stereocenters. The Kier molecular flexibility index (Phi) is 6.15. The van der Waals surface area contributed by atoms with Crippen molar-refractivity contribution < 1.29 is 19.1 Å². The number of likely N-dealkylation sites (tertiary alicyclic amines) is 1. The lowest BCUT2D eigenvalue weighted by atomic mass is 10.2. The van der Waals surface area contributed by atoms with Gasteiger partial charge in [-0.1, -0.05) is 12.1 Å². The number of carbonyl (C=O) groups is 2. The summed E-state index contributed by atoms with van der Waals surface area (Å²) in [6.45, 7) is 6.02. The fourth-order valence-electron chi connectivity index (χ4n) is 2.54. The fourth-order valence-corrected chi connectivity index (χ4v) is 3.76. The first kappa shape index (κ1) is 18.6. The maximum atomic E-state index is 12.2. The lowest BCUT2D eigenvalue weighted by Crippen LogP contribution is -2.40. The second-order valence-corrected chi connectivity index (χ2v) is 8.14. The third kappa shape index (κ3) is 5.16. The average molecular weight is 351 g/mol. The Morgan fingerprint density at radius 3 is 2.54 bits per heavy atom. The number of carbonyl (C=O) groups excluding carboxylic acids is 2. The number of hydrogen-bond acceptors (Lipinski definition) is 5. The van der Waals surface area contributed by atoms with E-state index >= 15 is 0 Å². The second kappa shape index (κ2) is 7.92. The minimum absolute atomic E-state index is 0.231. The molecule has 0 aliphatic carbocycles. The molecule has 1 amide bonds. The van der Waals surface area contributed by atoms with Crippen LogP contribution in [0.4, 0.5) is 4.79 Å². The molecule has 132 valence electrons. The lowest BCUT2D eigenvalue weighted by Gasteiger charge is -2.26. The number of nitrogens with zero attached hydrogens (tertiary/aromatic N) is 1. The molecule has 0 spiro atoms. The summed E-state index contributed by atoms with van der Waals surface area (Å²) in [6.07, 6.45) is 1.11. The van der Waals surface area contributed by atoms with Crippen molar-refractivity contribution in [3.63, 3.8) is 0 Å². The summed E-state index contributed by atoms with van der Waals surface area (Å²) in [6, 6.07) is 7.54. The number of methoxy groups -OCH3 is 1. The molecule has 6 heteroatoms. The van der Waals surface area contributed by atoms with Crippen molar-refractivity contribution in [2.24, 2.45) is 0 Å². The van der Waals surface area contributed by atoms with E-state index in [1.807, 2.05) is 45.0 Å². The molecule has 1 aliphatic rings. The van der Waals surface area contributed by atoms with Crippen LogP contribution in [0.2, 0.25) is 0 Å². The van der Waals surface area contributed by atoms with Crippen molar-refractivity contribution in [3.8, 4) is 5.75 Å². The summed E-state index contributed by atoms with van der Waals surface area (Å²) in [5.41, 5.74) is 0.637. The number of benzene rings is 1. The molecule has 1 heterocycles. The lowest BCUT2D eigenvalue weighted by molar-refractivity contribution is -0.111. The summed E-state index contributed by atoms with van der Waals surface area (Å²) < 4.78 is 10.5. The van der Waals surface area contributed by atoms with Gasteiger partial charge in [-0.15, -0.1) is 0 Å². The number of thioether (sulfide) groups is 1. The summed E-state index contributed by atoms with van der Waals surface area (Å²) in [7, 11) is 1.65. The Morgan fingerprint density at radius 1 is 1.33 bits per heavy atom. The van der Waals surface area contributed by atoms with Gasteiger partial charge in [0.1, 0.15) is 17.6 Å². The number of ether oxygens (including phenoxy) is 2. The van der Waals surface area contributed by atoms with E-state index in [1.54, 1.807) is 23.8 Å². The summed E-state index contributed by atoms with van der Waals surface area (Å²) in [4.78, 5) is 25.1. The normalized spacial score (nSPS) is 20.8. The standard InChI is InChI=1S/C18H25NO4S/c1-18(2,3)23-17(21)19-10-16(9-14(19)11-20)24-12-13-5-7-15(22-4)8-6-13/h5-8,11,14,16H,9-10,12H2,1-4H3/t14-,16+/m0/s1. The Bertz CT molecular complexity index is 567. The topological polar surface area (TPSA) is 55.8 Å². The molecule has 0 bridgehead atoms. The Labute approximate surface area is 147 Å². The van der Waals surface area contributed by atoms with Crippen molar-refractivity contribution in [1.82, 2.24) is 4.90 Å². The van der Waals surface area contributed by atoms with E-state index in [0.717, 1.165) is 17.8 Å². The van der Waals surface area contributed by atoms with Crippen LogP contribution in [0.5, 0.6) is 5.75 Å². The van der Waals surface area contributed by atoms with E-state index in [1.165, 1.54) is 5.56 Å². The Balaban J connectivity index is 1.90. The fraction of sp³-hybridized carbons (Fsp3) is 0.556. The smallest absolute Gasteiger partial charge is 0.410 e. The van der Waals surface area contributed by atoms with Crippen LogP contribution in [-0.4, -0.2) is 47.8 Å². The van der Waals surface area contributed by atoms with Crippen LogP contribution in [-0.2, 0) is 15.3 Å². The van der Waals surface area contributed by atoms with Crippen molar-refractivity contribution in [3.05, 3.63) is 29.8 Å². The zero-order chi connectivity index (χ0) is 17.7. The third-order valence-electron chi connectivity index (χ3n) is 3.73. The van der Waals surface area contributed by atoms with E-state index in [9.17, 15) is 9.59 Å². The number of rotatable bonds is 5. The molecule has 1 aliphatic heterocycles. The van der Waals surface area contributed by atoms with Gasteiger partial charge in [0.25, 0.3) is 0 Å². The van der Waals surface area contributed by atoms with E-state index in [4.69, 9.17) is 9.47 Å². The molecule has 2 atom stereocenters. The van der Waals surface area contributed by atoms with Gasteiger partial charge in [0.05, 0.1) is 13.2 Å². The van der Waals surface area contributed by atoms with Gasteiger partial charge in [0.15, 0.2) is 0 Å². The van der Waals surface area contributed by atoms with Gasteiger partial charge in [-0.05, 0) is 44.9 Å². The van der Waals surface area contributed by atoms with Gasteiger partial charge in [-0.2, -0.15) is 11.8 Å². The minimum Gasteiger partial charge on any atom is -0.497 e. The molecule has 1 aromatic rings. The van der Waals surface area contributed by atoms with E-state index < -0.39 is 17.7 Å². The molecule has 5 nitrogen and oxygen atoms in total. The Hall–Kier alpha value is -1.69. The quantitative estimate of drug-likeness (QED) is 0.760. The summed E-state index contributed by atoms with van der Waals surface area (Å²) >= 11 is 1.76. The highest BCUT2D eigenvalue weighted by atomic mass is 32.2. The molecule has 0 saturated carbocycles. The number of amides is 1. The molecule has 2 rings (SSSR count). The number of aldehydes is 1. The zero-order valence-corrected chi connectivity index (χ0v) is 15.5. The van der Waals surface area contributed by atoms with Gasteiger partial charge in [-0.25, -0.2) is 4.79 Å². The summed E-state index contributed by atoms with van der Waals surface area (Å²) in [5, 5.41) is 0.231. The first-order chi connectivity index (χ1) is 11.3. The average Bonchev–Trinajstić information content (AvgIpc) is 2.95. The molecular formula is C18H25NO4S. The van der Waals surface area contributed by atoms with E-state index in [0.29, 0.717) is 13.0 Å². The van der Waals surface area contributed by atoms with Crippen LogP contribution in [0.15, 0.2) is 24.3 Å². The molecular weight excluding hydrogens is 326 g/mol. The summed E-state index contributed by atoms with van der Waals surface area (Å²) in [5.74, 6) is 1.67. The van der Waals surface area contributed by atoms with Crippen LogP contribution < -0.4 is 4.74 Å². The van der Waals surface area contributed by atoms with Crippen LogP contribution >= 0.6 is 11.8 Å². The molecule has 1 aromatic carbocycles. The maximum absolute atomic E-state index is 12.2. The monoisotopic (exact) mass is 351 g/mol. The van der Waals surface area contributed by atoms with Crippen LogP contribution in [0.3, 0.4) is 0 Å². The molecule has 0 aromatic heterocycles. The van der Waals surface area contributed by atoms with Gasteiger partial charge in [0, 0.05) is 17.5 Å². The minimum atomic E-state index is -0.557. The first-order valence-corrected chi connectivity index (χ1v) is 9.06. The van der Waals surface area contributed by atoms with Crippen LogP contribution in [0.1, 0.15) is 32.8 Å². The Morgan fingerprint density at radius 2 is 2.00 bits per heavy atom. The van der Waals surface area contributed by atoms with Crippen LogP contribution in [0.25, 0.3) is 0 Å². The second-order valence-electron chi connectivity index (χ2n) is 6.85. The molecule has 0 N–H and O–H groups in total. The van der Waals surface area contributed by atoms with Gasteiger partial charge in [-0.3, -0.25) is 4.90 Å². The van der Waals surface area contributed by atoms with Gasteiger partial charge in [0.2, 0.25) is 0 Å². The van der Waals surface area contributed by atoms with E-state index in [2.05, 4.69) is 0 Å². The van der Waals surface area contributed by atoms with Gasteiger partial charge >= 0.3 is 6.09 Å². The third-order valence-corrected chi connectivity index (χ3v) is 5.05. The highest BCUT2D eigenvalue weighted by molar-refractivity contribution is 7.99. The SMILES string of the molecule is COc1ccc(CS[C@@H]2C[C@@H](C=O)N(C(=O)OC(C)(C)C)C2)cc1. The predicted molar refractivity (Wildman–Crippen MR) is 95.5 cm³/mol. The molecule has 24 heavy (non-hydrogen) atoms. The number of hydrogen-bond donors (Lipinski definition) is 0. The maximum Gasteiger partial charge on any atom is 0.410 e. The largest absolute Gasteiger partial charge is 0.497 e.